The number of aromatic carboxylic acids is 1. The molecule has 0 spiro atoms. The van der Waals surface area contributed by atoms with E-state index >= 15 is 0 Å². The smallest absolute Gasteiger partial charge is 0.341 e. The van der Waals surface area contributed by atoms with Crippen molar-refractivity contribution < 1.29 is 24.1 Å². The molecule has 2 aromatic rings. The molecule has 3 rings (SSSR count). The Kier molecular flexibility index (Phi) is 6.82. The quantitative estimate of drug-likeness (QED) is 0.629. The lowest BCUT2D eigenvalue weighted by Gasteiger charge is -2.32. The number of rotatable bonds is 9. The standard InChI is InChI=1S/C23H29NO6/c1-5-15-10-14-11-20(30-9-7-8-28-3)19(29-4)12-17(14)21-16(6-2)22(25)18(23(26)27)13-24(15)21/h11-13,15H,5-10H2,1-4H3,(H,26,27). The van der Waals surface area contributed by atoms with Crippen molar-refractivity contribution in [1.29, 1.82) is 0 Å². The Morgan fingerprint density at radius 3 is 2.57 bits per heavy atom. The average Bonchev–Trinajstić information content (AvgIpc) is 2.74. The summed E-state index contributed by atoms with van der Waals surface area (Å²) in [5, 5.41) is 9.52. The highest BCUT2D eigenvalue weighted by atomic mass is 16.5. The van der Waals surface area contributed by atoms with Crippen molar-refractivity contribution in [2.45, 2.75) is 45.6 Å². The van der Waals surface area contributed by atoms with Crippen LogP contribution in [-0.2, 0) is 17.6 Å². The van der Waals surface area contributed by atoms with E-state index in [-0.39, 0.29) is 11.6 Å². The first-order valence-corrected chi connectivity index (χ1v) is 10.3. The Balaban J connectivity index is 2.18. The maximum atomic E-state index is 12.9. The lowest BCUT2D eigenvalue weighted by Crippen LogP contribution is -2.29. The highest BCUT2D eigenvalue weighted by Crippen LogP contribution is 2.43. The summed E-state index contributed by atoms with van der Waals surface area (Å²) in [5.41, 5.74) is 2.67. The SMILES string of the molecule is CCc1c2n(cc(C(=O)O)c1=O)C(CC)Cc1cc(OCCCOC)c(OC)cc1-2. The average molecular weight is 415 g/mol. The van der Waals surface area contributed by atoms with E-state index in [4.69, 9.17) is 14.2 Å². The zero-order chi connectivity index (χ0) is 21.8. The van der Waals surface area contributed by atoms with E-state index in [9.17, 15) is 14.7 Å². The van der Waals surface area contributed by atoms with Crippen molar-refractivity contribution in [1.82, 2.24) is 4.57 Å². The van der Waals surface area contributed by atoms with Crippen molar-refractivity contribution >= 4 is 5.97 Å². The second-order valence-electron chi connectivity index (χ2n) is 7.39. The molecule has 1 N–H and O–H groups in total. The van der Waals surface area contributed by atoms with Gasteiger partial charge in [0.1, 0.15) is 5.56 Å². The van der Waals surface area contributed by atoms with Crippen LogP contribution < -0.4 is 14.9 Å². The molecule has 0 saturated carbocycles. The first kappa shape index (κ1) is 21.9. The number of pyridine rings is 1. The third-order valence-electron chi connectivity index (χ3n) is 5.63. The van der Waals surface area contributed by atoms with Crippen molar-refractivity contribution in [2.75, 3.05) is 27.4 Å². The molecule has 0 radical (unpaired) electrons. The first-order chi connectivity index (χ1) is 14.5. The predicted molar refractivity (Wildman–Crippen MR) is 114 cm³/mol. The van der Waals surface area contributed by atoms with E-state index in [0.717, 1.165) is 36.1 Å². The lowest BCUT2D eigenvalue weighted by atomic mass is 9.87. The third-order valence-corrected chi connectivity index (χ3v) is 5.63. The van der Waals surface area contributed by atoms with Crippen LogP contribution in [0.2, 0.25) is 0 Å². The fourth-order valence-electron chi connectivity index (χ4n) is 4.10. The molecule has 0 saturated heterocycles. The Morgan fingerprint density at radius 2 is 1.97 bits per heavy atom. The van der Waals surface area contributed by atoms with Gasteiger partial charge in [-0.3, -0.25) is 4.79 Å². The highest BCUT2D eigenvalue weighted by Gasteiger charge is 2.29. The monoisotopic (exact) mass is 415 g/mol. The largest absolute Gasteiger partial charge is 0.493 e. The van der Waals surface area contributed by atoms with Crippen LogP contribution in [0.3, 0.4) is 0 Å². The first-order valence-electron chi connectivity index (χ1n) is 10.3. The molecule has 1 atom stereocenters. The third kappa shape index (κ3) is 3.94. The maximum Gasteiger partial charge on any atom is 0.341 e. The van der Waals surface area contributed by atoms with Gasteiger partial charge in [-0.1, -0.05) is 13.8 Å². The van der Waals surface area contributed by atoms with Crippen molar-refractivity contribution in [3.05, 3.63) is 45.2 Å². The molecule has 162 valence electrons. The second kappa shape index (κ2) is 9.34. The van der Waals surface area contributed by atoms with E-state index in [2.05, 4.69) is 6.92 Å². The minimum atomic E-state index is -1.19. The number of benzene rings is 1. The van der Waals surface area contributed by atoms with Gasteiger partial charge >= 0.3 is 5.97 Å². The molecule has 1 aromatic carbocycles. The van der Waals surface area contributed by atoms with Crippen LogP contribution in [0, 0.1) is 0 Å². The summed E-state index contributed by atoms with van der Waals surface area (Å²) >= 11 is 0. The van der Waals surface area contributed by atoms with E-state index in [1.165, 1.54) is 6.20 Å². The number of nitrogens with zero attached hydrogens (tertiary/aromatic N) is 1. The van der Waals surface area contributed by atoms with Crippen LogP contribution in [0.4, 0.5) is 0 Å². The van der Waals surface area contributed by atoms with Crippen molar-refractivity contribution in [3.8, 4) is 22.8 Å². The number of ether oxygens (including phenoxy) is 3. The molecule has 0 aliphatic carbocycles. The van der Waals surface area contributed by atoms with E-state index in [0.29, 0.717) is 36.7 Å². The Bertz CT molecular complexity index is 994. The second-order valence-corrected chi connectivity index (χ2v) is 7.39. The molecule has 0 amide bonds. The van der Waals surface area contributed by atoms with Crippen LogP contribution in [0.1, 0.15) is 54.2 Å². The molecule has 1 aromatic heterocycles. The summed E-state index contributed by atoms with van der Waals surface area (Å²) in [6, 6.07) is 3.95. The van der Waals surface area contributed by atoms with Crippen molar-refractivity contribution in [3.63, 3.8) is 0 Å². The molecular formula is C23H29NO6. The van der Waals surface area contributed by atoms with Gasteiger partial charge in [0.15, 0.2) is 16.9 Å². The van der Waals surface area contributed by atoms with E-state index < -0.39 is 11.4 Å². The molecule has 7 nitrogen and oxygen atoms in total. The number of aromatic nitrogens is 1. The van der Waals surface area contributed by atoms with Crippen molar-refractivity contribution in [2.24, 2.45) is 0 Å². The number of carbonyl (C=O) groups is 1. The summed E-state index contributed by atoms with van der Waals surface area (Å²) in [6.07, 6.45) is 4.25. The van der Waals surface area contributed by atoms with E-state index in [1.807, 2.05) is 23.6 Å². The highest BCUT2D eigenvalue weighted by molar-refractivity contribution is 5.88. The fraction of sp³-hybridized carbons (Fsp3) is 0.478. The lowest BCUT2D eigenvalue weighted by molar-refractivity contribution is 0.0694. The van der Waals surface area contributed by atoms with Gasteiger partial charge in [0.05, 0.1) is 19.4 Å². The number of hydrogen-bond donors (Lipinski definition) is 1. The summed E-state index contributed by atoms with van der Waals surface area (Å²) in [4.78, 5) is 24.5. The minimum absolute atomic E-state index is 0.0613. The Morgan fingerprint density at radius 1 is 1.20 bits per heavy atom. The van der Waals surface area contributed by atoms with Gasteiger partial charge in [-0.05, 0) is 37.0 Å². The Labute approximate surface area is 176 Å². The molecule has 1 aliphatic rings. The molecule has 7 heteroatoms. The topological polar surface area (TPSA) is 87.0 Å². The van der Waals surface area contributed by atoms with Crippen LogP contribution in [-0.4, -0.2) is 43.1 Å². The maximum absolute atomic E-state index is 12.9. The Hall–Kier alpha value is -2.80. The normalized spacial score (nSPS) is 14.7. The number of carboxylic acid groups (broad SMARTS) is 1. The van der Waals surface area contributed by atoms with Gasteiger partial charge in [0.2, 0.25) is 0 Å². The summed E-state index contributed by atoms with van der Waals surface area (Å²) in [7, 11) is 3.24. The minimum Gasteiger partial charge on any atom is -0.493 e. The summed E-state index contributed by atoms with van der Waals surface area (Å²) < 4.78 is 18.5. The zero-order valence-corrected chi connectivity index (χ0v) is 18.0. The van der Waals surface area contributed by atoms with Crippen LogP contribution in [0.15, 0.2) is 23.1 Å². The van der Waals surface area contributed by atoms with Crippen LogP contribution >= 0.6 is 0 Å². The number of carboxylic acids is 1. The molecule has 2 heterocycles. The van der Waals surface area contributed by atoms with Crippen LogP contribution in [0.25, 0.3) is 11.3 Å². The predicted octanol–water partition coefficient (Wildman–Crippen LogP) is 3.71. The summed E-state index contributed by atoms with van der Waals surface area (Å²) in [6.45, 7) is 5.07. The molecule has 1 unspecified atom stereocenters. The van der Waals surface area contributed by atoms with Gasteiger partial charge < -0.3 is 23.9 Å². The zero-order valence-electron chi connectivity index (χ0n) is 18.0. The number of fused-ring (bicyclic) bond motifs is 3. The van der Waals surface area contributed by atoms with Crippen LogP contribution in [0.5, 0.6) is 11.5 Å². The molecule has 1 aliphatic heterocycles. The molecule has 0 bridgehead atoms. The summed E-state index contributed by atoms with van der Waals surface area (Å²) in [5.74, 6) is 0.0609. The van der Waals surface area contributed by atoms with Gasteiger partial charge in [0, 0.05) is 43.5 Å². The van der Waals surface area contributed by atoms with Gasteiger partial charge in [0.25, 0.3) is 0 Å². The molecular weight excluding hydrogens is 386 g/mol. The fourth-order valence-corrected chi connectivity index (χ4v) is 4.10. The number of methoxy groups -OCH3 is 2. The number of hydrogen-bond acceptors (Lipinski definition) is 5. The van der Waals surface area contributed by atoms with Gasteiger partial charge in [-0.25, -0.2) is 4.79 Å². The van der Waals surface area contributed by atoms with E-state index in [1.54, 1.807) is 14.2 Å². The molecule has 0 fully saturated rings. The van der Waals surface area contributed by atoms with Gasteiger partial charge in [-0.15, -0.1) is 0 Å². The molecule has 30 heavy (non-hydrogen) atoms. The van der Waals surface area contributed by atoms with Gasteiger partial charge in [-0.2, -0.15) is 0 Å².